The summed E-state index contributed by atoms with van der Waals surface area (Å²) in [6, 6.07) is 4.75. The summed E-state index contributed by atoms with van der Waals surface area (Å²) in [5.41, 5.74) is 0.823. The van der Waals surface area contributed by atoms with Crippen LogP contribution in [0, 0.1) is 10.1 Å². The Morgan fingerprint density at radius 3 is 2.80 bits per heavy atom. The molecule has 2 rings (SSSR count). The zero-order valence-corrected chi connectivity index (χ0v) is 12.1. The van der Waals surface area contributed by atoms with Crippen molar-refractivity contribution in [2.75, 3.05) is 0 Å². The first-order chi connectivity index (χ1) is 9.31. The minimum atomic E-state index is -0.883. The van der Waals surface area contributed by atoms with Crippen molar-refractivity contribution in [1.82, 2.24) is 0 Å². The number of nitrogens with zero attached hydrogens (tertiary/aromatic N) is 2. The summed E-state index contributed by atoms with van der Waals surface area (Å²) < 4.78 is 4.23. The van der Waals surface area contributed by atoms with Gasteiger partial charge in [-0.15, -0.1) is 11.1 Å². The number of rotatable bonds is 5. The van der Waals surface area contributed by atoms with E-state index < -0.39 is 22.0 Å². The molecule has 0 spiro atoms. The molecule has 1 aromatic carbocycles. The highest BCUT2D eigenvalue weighted by atomic mass is 32.2. The Balaban J connectivity index is 2.25. The SMILES string of the molecule is CC(C)(CCC(=O)O)[SH]1N=Cc2cc([N+](=O)[O-])ccc21. The number of non-ortho nitro benzene ring substituents is 1. The number of carbonyl (C=O) groups is 1. The monoisotopic (exact) mass is 296 g/mol. The van der Waals surface area contributed by atoms with Crippen molar-refractivity contribution in [2.24, 2.45) is 4.40 Å². The summed E-state index contributed by atoms with van der Waals surface area (Å²) in [6.45, 7) is 3.99. The largest absolute Gasteiger partial charge is 0.481 e. The molecule has 108 valence electrons. The van der Waals surface area contributed by atoms with Gasteiger partial charge in [-0.2, -0.15) is 0 Å². The molecule has 0 fully saturated rings. The molecule has 1 N–H and O–H groups in total. The molecule has 1 aliphatic rings. The first-order valence-electron chi connectivity index (χ1n) is 6.16. The smallest absolute Gasteiger partial charge is 0.303 e. The third-order valence-corrected chi connectivity index (χ3v) is 5.87. The van der Waals surface area contributed by atoms with Gasteiger partial charge < -0.3 is 5.11 Å². The molecule has 7 heteroatoms. The molecule has 0 saturated carbocycles. The normalized spacial score (nSPS) is 18.8. The van der Waals surface area contributed by atoms with Crippen LogP contribution in [0.1, 0.15) is 32.3 Å². The van der Waals surface area contributed by atoms with Gasteiger partial charge >= 0.3 is 5.97 Å². The lowest BCUT2D eigenvalue weighted by atomic mass is 10.1. The summed E-state index contributed by atoms with van der Waals surface area (Å²) in [7, 11) is 0. The van der Waals surface area contributed by atoms with Crippen molar-refractivity contribution in [1.29, 1.82) is 0 Å². The lowest BCUT2D eigenvalue weighted by molar-refractivity contribution is -0.384. The summed E-state index contributed by atoms with van der Waals surface area (Å²) in [5.74, 6) is -0.819. The van der Waals surface area contributed by atoms with Crippen LogP contribution < -0.4 is 0 Å². The molecule has 0 aromatic heterocycles. The van der Waals surface area contributed by atoms with E-state index in [-0.39, 0.29) is 16.9 Å². The van der Waals surface area contributed by atoms with E-state index in [0.717, 1.165) is 10.5 Å². The minimum Gasteiger partial charge on any atom is -0.481 e. The van der Waals surface area contributed by atoms with Crippen LogP contribution in [0.2, 0.25) is 0 Å². The van der Waals surface area contributed by atoms with E-state index >= 15 is 0 Å². The zero-order valence-electron chi connectivity index (χ0n) is 11.2. The molecule has 20 heavy (non-hydrogen) atoms. The standard InChI is InChI=1S/C13H16N2O4S/c1-13(2,6-5-12(16)17)20-11-4-3-10(15(18)19)7-9(11)8-14-20/h3-4,7-8,20H,5-6H2,1-2H3,(H,16,17). The number of fused-ring (bicyclic) bond motifs is 1. The zero-order chi connectivity index (χ0) is 14.9. The highest BCUT2D eigenvalue weighted by Crippen LogP contribution is 2.55. The molecule has 0 bridgehead atoms. The summed E-state index contributed by atoms with van der Waals surface area (Å²) >= 11 is -0.883. The van der Waals surface area contributed by atoms with Crippen LogP contribution in [-0.4, -0.2) is 27.0 Å². The summed E-state index contributed by atoms with van der Waals surface area (Å²) in [4.78, 5) is 22.0. The van der Waals surface area contributed by atoms with Crippen molar-refractivity contribution in [3.8, 4) is 0 Å². The van der Waals surface area contributed by atoms with Gasteiger partial charge in [-0.25, -0.2) is 4.40 Å². The maximum atomic E-state index is 10.8. The Hall–Kier alpha value is -1.89. The second-order valence-electron chi connectivity index (χ2n) is 5.26. The number of benzene rings is 1. The van der Waals surface area contributed by atoms with Gasteiger partial charge in [-0.05, 0) is 12.5 Å². The van der Waals surface area contributed by atoms with Gasteiger partial charge in [0.1, 0.15) is 0 Å². The van der Waals surface area contributed by atoms with Crippen molar-refractivity contribution >= 4 is 29.0 Å². The lowest BCUT2D eigenvalue weighted by Crippen LogP contribution is -2.20. The molecular weight excluding hydrogens is 280 g/mol. The van der Waals surface area contributed by atoms with Gasteiger partial charge in [0, 0.05) is 40.0 Å². The highest BCUT2D eigenvalue weighted by Gasteiger charge is 2.32. The Labute approximate surface area is 119 Å². The fraction of sp³-hybridized carbons (Fsp3) is 0.385. The van der Waals surface area contributed by atoms with Crippen LogP contribution >= 0.6 is 11.1 Å². The van der Waals surface area contributed by atoms with Crippen LogP contribution in [0.3, 0.4) is 0 Å². The summed E-state index contributed by atoms with van der Waals surface area (Å²) in [5, 5.41) is 19.6. The molecule has 1 heterocycles. The van der Waals surface area contributed by atoms with E-state index in [9.17, 15) is 14.9 Å². The van der Waals surface area contributed by atoms with Crippen molar-refractivity contribution < 1.29 is 14.8 Å². The highest BCUT2D eigenvalue weighted by molar-refractivity contribution is 8.17. The molecule has 0 radical (unpaired) electrons. The molecule has 1 unspecified atom stereocenters. The second kappa shape index (κ2) is 5.24. The van der Waals surface area contributed by atoms with Gasteiger partial charge in [0.25, 0.3) is 5.69 Å². The first kappa shape index (κ1) is 14.5. The topological polar surface area (TPSA) is 92.8 Å². The first-order valence-corrected chi connectivity index (χ1v) is 7.45. The number of carboxylic acids is 1. The number of nitro groups is 1. The van der Waals surface area contributed by atoms with Gasteiger partial charge in [-0.3, -0.25) is 14.9 Å². The Morgan fingerprint density at radius 2 is 2.20 bits per heavy atom. The number of hydrogen-bond donors (Lipinski definition) is 2. The van der Waals surface area contributed by atoms with E-state index in [1.165, 1.54) is 12.1 Å². The fourth-order valence-electron chi connectivity index (χ4n) is 2.14. The van der Waals surface area contributed by atoms with E-state index in [1.807, 2.05) is 13.8 Å². The molecule has 0 saturated heterocycles. The Bertz CT molecular complexity index is 598. The molecule has 1 aromatic rings. The molecule has 1 aliphatic heterocycles. The number of thiol groups is 1. The van der Waals surface area contributed by atoms with Crippen LogP contribution in [0.4, 0.5) is 5.69 Å². The molecular formula is C13H16N2O4S. The van der Waals surface area contributed by atoms with Crippen molar-refractivity contribution in [3.05, 3.63) is 33.9 Å². The van der Waals surface area contributed by atoms with Crippen molar-refractivity contribution in [3.63, 3.8) is 0 Å². The molecule has 0 aliphatic carbocycles. The quantitative estimate of drug-likeness (QED) is 0.496. The number of nitro benzene ring substituents is 1. The van der Waals surface area contributed by atoms with Gasteiger partial charge in [-0.1, -0.05) is 13.8 Å². The third kappa shape index (κ3) is 2.82. The van der Waals surface area contributed by atoms with Crippen LogP contribution in [0.15, 0.2) is 27.5 Å². The minimum absolute atomic E-state index is 0.0513. The molecule has 0 amide bonds. The van der Waals surface area contributed by atoms with E-state index in [0.29, 0.717) is 6.42 Å². The number of aliphatic carboxylic acids is 1. The maximum Gasteiger partial charge on any atom is 0.303 e. The van der Waals surface area contributed by atoms with Crippen LogP contribution in [0.25, 0.3) is 0 Å². The van der Waals surface area contributed by atoms with Gasteiger partial charge in [0.05, 0.1) is 4.92 Å². The number of carboxylic acid groups (broad SMARTS) is 1. The Kier molecular flexibility index (Phi) is 3.80. The van der Waals surface area contributed by atoms with Gasteiger partial charge in [0.15, 0.2) is 0 Å². The maximum absolute atomic E-state index is 10.8. The average molecular weight is 296 g/mol. The van der Waals surface area contributed by atoms with Gasteiger partial charge in [0.2, 0.25) is 0 Å². The summed E-state index contributed by atoms with van der Waals surface area (Å²) in [6.07, 6.45) is 2.29. The predicted octanol–water partition coefficient (Wildman–Crippen LogP) is 2.95. The van der Waals surface area contributed by atoms with E-state index in [4.69, 9.17) is 5.11 Å². The number of hydrogen-bond acceptors (Lipinski definition) is 4. The van der Waals surface area contributed by atoms with Crippen molar-refractivity contribution in [2.45, 2.75) is 36.3 Å². The third-order valence-electron chi connectivity index (χ3n) is 3.29. The molecule has 1 atom stereocenters. The second-order valence-corrected chi connectivity index (χ2v) is 7.81. The molecule has 6 nitrogen and oxygen atoms in total. The fourth-order valence-corrected chi connectivity index (χ4v) is 4.37. The Morgan fingerprint density at radius 1 is 1.50 bits per heavy atom. The average Bonchev–Trinajstić information content (AvgIpc) is 2.79. The van der Waals surface area contributed by atoms with E-state index in [2.05, 4.69) is 4.40 Å². The predicted molar refractivity (Wildman–Crippen MR) is 78.9 cm³/mol. The lowest BCUT2D eigenvalue weighted by Gasteiger charge is -2.33. The van der Waals surface area contributed by atoms with Crippen LogP contribution in [0.5, 0.6) is 0 Å². The van der Waals surface area contributed by atoms with E-state index in [1.54, 1.807) is 12.3 Å². The van der Waals surface area contributed by atoms with Crippen LogP contribution in [-0.2, 0) is 4.79 Å².